The van der Waals surface area contributed by atoms with E-state index in [9.17, 15) is 4.79 Å². The number of hydrogen-bond acceptors (Lipinski definition) is 4. The lowest BCUT2D eigenvalue weighted by molar-refractivity contribution is -0.0293. The third-order valence-electron chi connectivity index (χ3n) is 4.84. The van der Waals surface area contributed by atoms with Gasteiger partial charge in [-0.15, -0.1) is 0 Å². The Balaban J connectivity index is 1.45. The zero-order valence-electron chi connectivity index (χ0n) is 14.1. The monoisotopic (exact) mass is 318 g/mol. The lowest BCUT2D eigenvalue weighted by Gasteiger charge is -2.57. The van der Waals surface area contributed by atoms with Gasteiger partial charge in [0.05, 0.1) is 11.4 Å². The summed E-state index contributed by atoms with van der Waals surface area (Å²) in [6.07, 6.45) is 5.79. The normalized spacial score (nSPS) is 30.5. The number of carbonyl (C=O) groups excluding carboxylic acids is 1. The van der Waals surface area contributed by atoms with Gasteiger partial charge in [0.15, 0.2) is 0 Å². The highest BCUT2D eigenvalue weighted by atomic mass is 16.6. The standard InChI is InChI=1S/C17H26N4O2/c1-16(2,3)23-15(22)20-12-9-17(10-12)7-11(8-17)14(21-18)13-5-4-6-19-13/h4-6,11-12,19H,7-10,18H2,1-3H3,(H,20,22)/b21-14+. The van der Waals surface area contributed by atoms with Crippen molar-refractivity contribution in [2.45, 2.75) is 58.1 Å². The van der Waals surface area contributed by atoms with Crippen LogP contribution < -0.4 is 11.2 Å². The molecule has 0 unspecified atom stereocenters. The van der Waals surface area contributed by atoms with Gasteiger partial charge >= 0.3 is 6.09 Å². The molecule has 1 spiro atoms. The van der Waals surface area contributed by atoms with Gasteiger partial charge in [-0.3, -0.25) is 0 Å². The Kier molecular flexibility index (Phi) is 3.86. The molecule has 0 atom stereocenters. The van der Waals surface area contributed by atoms with E-state index in [1.807, 2.05) is 39.1 Å². The molecular formula is C17H26N4O2. The summed E-state index contributed by atoms with van der Waals surface area (Å²) < 4.78 is 5.30. The summed E-state index contributed by atoms with van der Waals surface area (Å²) in [4.78, 5) is 15.0. The number of nitrogens with two attached hydrogens (primary N) is 1. The number of ether oxygens (including phenoxy) is 1. The number of nitrogens with one attached hydrogen (secondary N) is 2. The summed E-state index contributed by atoms with van der Waals surface area (Å²) in [7, 11) is 0. The fourth-order valence-electron chi connectivity index (χ4n) is 3.96. The molecular weight excluding hydrogens is 292 g/mol. The second kappa shape index (κ2) is 5.58. The number of hydrogen-bond donors (Lipinski definition) is 3. The van der Waals surface area contributed by atoms with Crippen molar-refractivity contribution in [3.63, 3.8) is 0 Å². The number of amides is 1. The van der Waals surface area contributed by atoms with Gasteiger partial charge in [-0.25, -0.2) is 4.79 Å². The van der Waals surface area contributed by atoms with Crippen LogP contribution in [0.2, 0.25) is 0 Å². The van der Waals surface area contributed by atoms with Crippen LogP contribution >= 0.6 is 0 Å². The van der Waals surface area contributed by atoms with Crippen molar-refractivity contribution in [1.82, 2.24) is 10.3 Å². The first-order chi connectivity index (χ1) is 10.8. The Bertz CT molecular complexity index is 587. The van der Waals surface area contributed by atoms with E-state index in [0.717, 1.165) is 37.1 Å². The summed E-state index contributed by atoms with van der Waals surface area (Å²) in [5.74, 6) is 5.99. The van der Waals surface area contributed by atoms with Crippen LogP contribution in [-0.2, 0) is 4.74 Å². The molecule has 0 bridgehead atoms. The first kappa shape index (κ1) is 15.9. The van der Waals surface area contributed by atoms with Crippen molar-refractivity contribution >= 4 is 11.8 Å². The number of carbonyl (C=O) groups is 1. The van der Waals surface area contributed by atoms with Crippen LogP contribution in [0.15, 0.2) is 23.4 Å². The summed E-state index contributed by atoms with van der Waals surface area (Å²) >= 11 is 0. The fourth-order valence-corrected chi connectivity index (χ4v) is 3.96. The second-order valence-electron chi connectivity index (χ2n) is 7.95. The minimum atomic E-state index is -0.449. The second-order valence-corrected chi connectivity index (χ2v) is 7.95. The fraction of sp³-hybridized carbons (Fsp3) is 0.647. The van der Waals surface area contributed by atoms with Crippen LogP contribution in [0, 0.1) is 11.3 Å². The van der Waals surface area contributed by atoms with Gasteiger partial charge < -0.3 is 20.9 Å². The number of nitrogens with zero attached hydrogens (tertiary/aromatic N) is 1. The van der Waals surface area contributed by atoms with E-state index in [0.29, 0.717) is 11.3 Å². The molecule has 3 rings (SSSR count). The van der Waals surface area contributed by atoms with Gasteiger partial charge in [-0.2, -0.15) is 5.10 Å². The van der Waals surface area contributed by atoms with Crippen LogP contribution in [0.4, 0.5) is 4.79 Å². The van der Waals surface area contributed by atoms with Crippen molar-refractivity contribution < 1.29 is 9.53 Å². The number of H-pyrrole nitrogens is 1. The number of alkyl carbamates (subject to hydrolysis) is 1. The van der Waals surface area contributed by atoms with E-state index in [1.54, 1.807) is 0 Å². The smallest absolute Gasteiger partial charge is 0.407 e. The number of rotatable bonds is 3. The zero-order chi connectivity index (χ0) is 16.7. The van der Waals surface area contributed by atoms with Crippen LogP contribution in [0.5, 0.6) is 0 Å². The number of aromatic nitrogens is 1. The van der Waals surface area contributed by atoms with Crippen LogP contribution in [-0.4, -0.2) is 28.4 Å². The third kappa shape index (κ3) is 3.35. The summed E-state index contributed by atoms with van der Waals surface area (Å²) in [5, 5.41) is 6.94. The highest BCUT2D eigenvalue weighted by molar-refractivity contribution is 6.01. The molecule has 0 aliphatic heterocycles. The van der Waals surface area contributed by atoms with E-state index in [4.69, 9.17) is 10.6 Å². The summed E-state index contributed by atoms with van der Waals surface area (Å²) in [5.41, 5.74) is 1.88. The lowest BCUT2D eigenvalue weighted by Crippen LogP contribution is -2.57. The quantitative estimate of drug-likeness (QED) is 0.454. The molecule has 2 fully saturated rings. The topological polar surface area (TPSA) is 92.5 Å². The first-order valence-electron chi connectivity index (χ1n) is 8.21. The molecule has 2 aliphatic carbocycles. The maximum absolute atomic E-state index is 11.8. The molecule has 1 aromatic rings. The zero-order valence-corrected chi connectivity index (χ0v) is 14.1. The molecule has 23 heavy (non-hydrogen) atoms. The predicted octanol–water partition coefficient (Wildman–Crippen LogP) is 2.76. The SMILES string of the molecule is CC(C)(C)OC(=O)NC1CC2(C1)CC(/C(=N\N)c1ccc[nH]1)C2. The van der Waals surface area contributed by atoms with Gasteiger partial charge in [0, 0.05) is 18.2 Å². The van der Waals surface area contributed by atoms with E-state index in [2.05, 4.69) is 15.4 Å². The average molecular weight is 318 g/mol. The lowest BCUT2D eigenvalue weighted by atomic mass is 9.49. The Morgan fingerprint density at radius 3 is 2.61 bits per heavy atom. The Morgan fingerprint density at radius 1 is 1.39 bits per heavy atom. The van der Waals surface area contributed by atoms with Crippen LogP contribution in [0.25, 0.3) is 0 Å². The summed E-state index contributed by atoms with van der Waals surface area (Å²) in [6.45, 7) is 5.62. The number of aromatic amines is 1. The number of hydrazone groups is 1. The van der Waals surface area contributed by atoms with E-state index >= 15 is 0 Å². The van der Waals surface area contributed by atoms with Crippen molar-refractivity contribution in [2.24, 2.45) is 22.3 Å². The maximum atomic E-state index is 11.8. The third-order valence-corrected chi connectivity index (χ3v) is 4.84. The van der Waals surface area contributed by atoms with Crippen molar-refractivity contribution in [3.05, 3.63) is 24.0 Å². The molecule has 1 heterocycles. The first-order valence-corrected chi connectivity index (χ1v) is 8.21. The van der Waals surface area contributed by atoms with Gasteiger partial charge in [0.1, 0.15) is 5.60 Å². The molecule has 0 radical (unpaired) electrons. The molecule has 2 saturated carbocycles. The predicted molar refractivity (Wildman–Crippen MR) is 89.1 cm³/mol. The van der Waals surface area contributed by atoms with Crippen molar-refractivity contribution in [3.8, 4) is 0 Å². The Hall–Kier alpha value is -1.98. The van der Waals surface area contributed by atoms with E-state index < -0.39 is 5.60 Å². The van der Waals surface area contributed by atoms with Gasteiger partial charge in [0.25, 0.3) is 0 Å². The molecule has 126 valence electrons. The maximum Gasteiger partial charge on any atom is 0.407 e. The Labute approximate surface area is 136 Å². The van der Waals surface area contributed by atoms with Crippen LogP contribution in [0.1, 0.15) is 52.1 Å². The highest BCUT2D eigenvalue weighted by Gasteiger charge is 2.54. The molecule has 6 nitrogen and oxygen atoms in total. The van der Waals surface area contributed by atoms with Gasteiger partial charge in [-0.05, 0) is 64.0 Å². The van der Waals surface area contributed by atoms with Crippen LogP contribution in [0.3, 0.4) is 0 Å². The largest absolute Gasteiger partial charge is 0.444 e. The molecule has 4 N–H and O–H groups in total. The van der Waals surface area contributed by atoms with Gasteiger partial charge in [0.2, 0.25) is 0 Å². The van der Waals surface area contributed by atoms with Crippen molar-refractivity contribution in [1.29, 1.82) is 0 Å². The highest BCUT2D eigenvalue weighted by Crippen LogP contribution is 2.59. The van der Waals surface area contributed by atoms with E-state index in [-0.39, 0.29) is 12.1 Å². The molecule has 1 amide bonds. The average Bonchev–Trinajstić information content (AvgIpc) is 2.85. The van der Waals surface area contributed by atoms with Gasteiger partial charge in [-0.1, -0.05) is 0 Å². The molecule has 2 aliphatic rings. The molecule has 6 heteroatoms. The molecule has 0 aromatic carbocycles. The molecule has 0 saturated heterocycles. The minimum absolute atomic E-state index is 0.231. The Morgan fingerprint density at radius 2 is 2.09 bits per heavy atom. The summed E-state index contributed by atoms with van der Waals surface area (Å²) in [6, 6.07) is 4.19. The minimum Gasteiger partial charge on any atom is -0.444 e. The van der Waals surface area contributed by atoms with Crippen molar-refractivity contribution in [2.75, 3.05) is 0 Å². The molecule has 1 aromatic heterocycles. The van der Waals surface area contributed by atoms with E-state index in [1.165, 1.54) is 0 Å².